The van der Waals surface area contributed by atoms with Gasteiger partial charge < -0.3 is 14.7 Å². The van der Waals surface area contributed by atoms with Crippen molar-refractivity contribution in [3.63, 3.8) is 0 Å². The third-order valence-electron chi connectivity index (χ3n) is 4.09. The normalized spacial score (nSPS) is 20.7. The number of aliphatic hydroxyl groups is 1. The standard InChI is InChI=1S/C16H21F2NO3/c1-22-14-4-2-3-12(9-14)5-6-15(21)19-8-7-16(17,18)13(10-19)11-20/h2-4,9,13,20H,5-8,10-11H2,1H3. The van der Waals surface area contributed by atoms with Gasteiger partial charge in [0.15, 0.2) is 0 Å². The molecule has 0 aromatic heterocycles. The van der Waals surface area contributed by atoms with Gasteiger partial charge in [-0.2, -0.15) is 0 Å². The van der Waals surface area contributed by atoms with Crippen molar-refractivity contribution in [2.24, 2.45) is 5.92 Å². The van der Waals surface area contributed by atoms with Gasteiger partial charge in [-0.1, -0.05) is 12.1 Å². The summed E-state index contributed by atoms with van der Waals surface area (Å²) >= 11 is 0. The summed E-state index contributed by atoms with van der Waals surface area (Å²) in [6.07, 6.45) is 0.409. The molecule has 1 aromatic rings. The monoisotopic (exact) mass is 313 g/mol. The molecular weight excluding hydrogens is 292 g/mol. The van der Waals surface area contributed by atoms with E-state index >= 15 is 0 Å². The predicted octanol–water partition coefficient (Wildman–Crippen LogP) is 2.10. The minimum absolute atomic E-state index is 0.0421. The molecule has 4 nitrogen and oxygen atoms in total. The number of methoxy groups -OCH3 is 1. The summed E-state index contributed by atoms with van der Waals surface area (Å²) in [5.74, 6) is -3.49. The summed E-state index contributed by atoms with van der Waals surface area (Å²) in [5, 5.41) is 9.06. The third-order valence-corrected chi connectivity index (χ3v) is 4.09. The molecule has 1 N–H and O–H groups in total. The van der Waals surface area contributed by atoms with Gasteiger partial charge >= 0.3 is 0 Å². The van der Waals surface area contributed by atoms with Gasteiger partial charge in [0.1, 0.15) is 5.75 Å². The van der Waals surface area contributed by atoms with E-state index in [9.17, 15) is 13.6 Å². The minimum Gasteiger partial charge on any atom is -0.497 e. The number of halogens is 2. The number of likely N-dealkylation sites (tertiary alicyclic amines) is 1. The fourth-order valence-electron chi connectivity index (χ4n) is 2.63. The number of rotatable bonds is 5. The Kier molecular flexibility index (Phi) is 5.34. The molecule has 0 spiro atoms. The first-order valence-corrected chi connectivity index (χ1v) is 7.35. The molecule has 1 fully saturated rings. The zero-order chi connectivity index (χ0) is 16.2. The summed E-state index contributed by atoms with van der Waals surface area (Å²) in [7, 11) is 1.58. The van der Waals surface area contributed by atoms with Crippen molar-refractivity contribution in [2.75, 3.05) is 26.8 Å². The van der Waals surface area contributed by atoms with E-state index in [0.717, 1.165) is 11.3 Å². The lowest BCUT2D eigenvalue weighted by Gasteiger charge is -2.37. The van der Waals surface area contributed by atoms with Gasteiger partial charge in [-0.25, -0.2) is 8.78 Å². The molecule has 0 aliphatic carbocycles. The van der Waals surface area contributed by atoms with Crippen LogP contribution in [0.1, 0.15) is 18.4 Å². The second kappa shape index (κ2) is 7.05. The number of aryl methyl sites for hydroxylation is 1. The number of alkyl halides is 2. The van der Waals surface area contributed by atoms with Gasteiger partial charge in [-0.3, -0.25) is 4.79 Å². The summed E-state index contributed by atoms with van der Waals surface area (Å²) in [4.78, 5) is 13.6. The number of carbonyl (C=O) groups is 1. The molecule has 6 heteroatoms. The molecule has 0 radical (unpaired) electrons. The van der Waals surface area contributed by atoms with E-state index in [4.69, 9.17) is 9.84 Å². The van der Waals surface area contributed by atoms with E-state index in [1.807, 2.05) is 24.3 Å². The summed E-state index contributed by atoms with van der Waals surface area (Å²) < 4.78 is 32.2. The van der Waals surface area contributed by atoms with Crippen LogP contribution in [0.4, 0.5) is 8.78 Å². The number of aliphatic hydroxyl groups excluding tert-OH is 1. The van der Waals surface area contributed by atoms with Gasteiger partial charge in [0.05, 0.1) is 19.6 Å². The molecule has 122 valence electrons. The molecule has 22 heavy (non-hydrogen) atoms. The Labute approximate surface area is 128 Å². The van der Waals surface area contributed by atoms with Crippen molar-refractivity contribution in [1.82, 2.24) is 4.90 Å². The molecule has 0 bridgehead atoms. The lowest BCUT2D eigenvalue weighted by atomic mass is 9.94. The minimum atomic E-state index is -2.89. The van der Waals surface area contributed by atoms with E-state index in [1.54, 1.807) is 7.11 Å². The quantitative estimate of drug-likeness (QED) is 0.906. The lowest BCUT2D eigenvalue weighted by molar-refractivity contribution is -0.149. The molecular formula is C16H21F2NO3. The van der Waals surface area contributed by atoms with Crippen LogP contribution >= 0.6 is 0 Å². The summed E-state index contributed by atoms with van der Waals surface area (Å²) in [5.41, 5.74) is 0.966. The van der Waals surface area contributed by atoms with Crippen LogP contribution < -0.4 is 4.74 Å². The zero-order valence-electron chi connectivity index (χ0n) is 12.6. The molecule has 1 heterocycles. The van der Waals surface area contributed by atoms with E-state index in [2.05, 4.69) is 0 Å². The molecule has 2 rings (SSSR count). The molecule has 1 amide bonds. The number of benzene rings is 1. The first-order valence-electron chi connectivity index (χ1n) is 7.35. The Morgan fingerprint density at radius 1 is 1.50 bits per heavy atom. The predicted molar refractivity (Wildman–Crippen MR) is 78.0 cm³/mol. The maximum absolute atomic E-state index is 13.5. The highest BCUT2D eigenvalue weighted by molar-refractivity contribution is 5.76. The van der Waals surface area contributed by atoms with Crippen molar-refractivity contribution >= 4 is 5.91 Å². The largest absolute Gasteiger partial charge is 0.497 e. The summed E-state index contributed by atoms with van der Waals surface area (Å²) in [6, 6.07) is 7.43. The Balaban J connectivity index is 1.89. The van der Waals surface area contributed by atoms with E-state index in [-0.39, 0.29) is 31.8 Å². The summed E-state index contributed by atoms with van der Waals surface area (Å²) in [6.45, 7) is -0.645. The second-order valence-corrected chi connectivity index (χ2v) is 5.58. The highest BCUT2D eigenvalue weighted by Gasteiger charge is 2.44. The number of nitrogens with zero attached hydrogens (tertiary/aromatic N) is 1. The van der Waals surface area contributed by atoms with Crippen LogP contribution in [0.15, 0.2) is 24.3 Å². The molecule has 1 saturated heterocycles. The van der Waals surface area contributed by atoms with Crippen LogP contribution in [-0.4, -0.2) is 48.6 Å². The van der Waals surface area contributed by atoms with E-state index in [1.165, 1.54) is 4.90 Å². The van der Waals surface area contributed by atoms with Crippen LogP contribution in [0.2, 0.25) is 0 Å². The van der Waals surface area contributed by atoms with Crippen LogP contribution in [0.25, 0.3) is 0 Å². The molecule has 1 aliphatic heterocycles. The lowest BCUT2D eigenvalue weighted by Crippen LogP contribution is -2.50. The van der Waals surface area contributed by atoms with Crippen molar-refractivity contribution in [1.29, 1.82) is 0 Å². The average Bonchev–Trinajstić information content (AvgIpc) is 2.52. The van der Waals surface area contributed by atoms with Crippen LogP contribution in [0.5, 0.6) is 5.75 Å². The molecule has 0 saturated carbocycles. The fourth-order valence-corrected chi connectivity index (χ4v) is 2.63. The smallest absolute Gasteiger partial charge is 0.256 e. The third kappa shape index (κ3) is 3.94. The number of hydrogen-bond acceptors (Lipinski definition) is 3. The van der Waals surface area contributed by atoms with Gasteiger partial charge in [0, 0.05) is 25.9 Å². The molecule has 1 aliphatic rings. The Morgan fingerprint density at radius 3 is 2.95 bits per heavy atom. The van der Waals surface area contributed by atoms with Crippen molar-refractivity contribution in [2.45, 2.75) is 25.2 Å². The van der Waals surface area contributed by atoms with Gasteiger partial charge in [0.2, 0.25) is 5.91 Å². The van der Waals surface area contributed by atoms with Crippen LogP contribution in [0.3, 0.4) is 0 Å². The zero-order valence-corrected chi connectivity index (χ0v) is 12.6. The number of ether oxygens (including phenoxy) is 1. The first kappa shape index (κ1) is 16.7. The SMILES string of the molecule is COc1cccc(CCC(=O)N2CCC(F)(F)C(CO)C2)c1. The maximum atomic E-state index is 13.5. The van der Waals surface area contributed by atoms with Crippen molar-refractivity contribution in [3.05, 3.63) is 29.8 Å². The topological polar surface area (TPSA) is 49.8 Å². The molecule has 1 aromatic carbocycles. The van der Waals surface area contributed by atoms with Crippen LogP contribution in [0, 0.1) is 5.92 Å². The van der Waals surface area contributed by atoms with Crippen molar-refractivity contribution in [3.8, 4) is 5.75 Å². The number of piperidine rings is 1. The van der Waals surface area contributed by atoms with E-state index in [0.29, 0.717) is 6.42 Å². The molecule has 1 unspecified atom stereocenters. The highest BCUT2D eigenvalue weighted by Crippen LogP contribution is 2.33. The number of carbonyl (C=O) groups excluding carboxylic acids is 1. The Bertz CT molecular complexity index is 522. The fraction of sp³-hybridized carbons (Fsp3) is 0.562. The second-order valence-electron chi connectivity index (χ2n) is 5.58. The number of hydrogen-bond donors (Lipinski definition) is 1. The van der Waals surface area contributed by atoms with Gasteiger partial charge in [-0.05, 0) is 24.1 Å². The number of amides is 1. The van der Waals surface area contributed by atoms with Gasteiger partial charge in [-0.15, -0.1) is 0 Å². The maximum Gasteiger partial charge on any atom is 0.256 e. The Morgan fingerprint density at radius 2 is 2.27 bits per heavy atom. The van der Waals surface area contributed by atoms with Crippen molar-refractivity contribution < 1.29 is 23.4 Å². The Hall–Kier alpha value is -1.69. The first-order chi connectivity index (χ1) is 10.5. The molecule has 1 atom stereocenters. The van der Waals surface area contributed by atoms with Gasteiger partial charge in [0.25, 0.3) is 5.92 Å². The highest BCUT2D eigenvalue weighted by atomic mass is 19.3. The van der Waals surface area contributed by atoms with E-state index < -0.39 is 18.4 Å². The average molecular weight is 313 g/mol. The van der Waals surface area contributed by atoms with Crippen LogP contribution in [-0.2, 0) is 11.2 Å².